The number of thioether (sulfide) groups is 1. The zero-order valence-electron chi connectivity index (χ0n) is 26.4. The van der Waals surface area contributed by atoms with Crippen LogP contribution in [0.1, 0.15) is 65.3 Å². The van der Waals surface area contributed by atoms with Gasteiger partial charge in [0.1, 0.15) is 0 Å². The zero-order valence-corrected chi connectivity index (χ0v) is 27.2. The number of carbonyl (C=O) groups excluding carboxylic acids is 2. The van der Waals surface area contributed by atoms with Crippen LogP contribution in [0.2, 0.25) is 0 Å². The summed E-state index contributed by atoms with van der Waals surface area (Å²) in [4.78, 5) is 27.3. The van der Waals surface area contributed by atoms with Gasteiger partial charge in [-0.2, -0.15) is 0 Å². The molecule has 1 heterocycles. The van der Waals surface area contributed by atoms with Gasteiger partial charge < -0.3 is 9.88 Å². The van der Waals surface area contributed by atoms with Crippen LogP contribution in [-0.4, -0.2) is 22.5 Å². The molecule has 0 saturated heterocycles. The highest BCUT2D eigenvalue weighted by Crippen LogP contribution is 2.29. The molecule has 0 saturated carbocycles. The number of fused-ring (bicyclic) bond motifs is 1. The normalized spacial score (nSPS) is 11.8. The molecular weight excluding hydrogens is 561 g/mol. The predicted octanol–water partition coefficient (Wildman–Crippen LogP) is 9.66. The van der Waals surface area contributed by atoms with Crippen LogP contribution >= 0.6 is 11.8 Å². The third-order valence-electron chi connectivity index (χ3n) is 8.05. The minimum Gasteiger partial charge on any atom is -0.348 e. The van der Waals surface area contributed by atoms with Crippen molar-refractivity contribution < 1.29 is 11.0 Å². The van der Waals surface area contributed by atoms with Gasteiger partial charge in [0.15, 0.2) is 5.78 Å². The summed E-state index contributed by atoms with van der Waals surface area (Å²) in [5.74, 6) is -0.0590. The average molecular weight is 603 g/mol. The lowest BCUT2D eigenvalue weighted by molar-refractivity contribution is 0.0950. The van der Waals surface area contributed by atoms with E-state index >= 15 is 0 Å². The van der Waals surface area contributed by atoms with Crippen molar-refractivity contribution in [3.63, 3.8) is 0 Å². The fourth-order valence-electron chi connectivity index (χ4n) is 5.36. The van der Waals surface area contributed by atoms with Crippen LogP contribution in [0.3, 0.4) is 0 Å². The number of amides is 1. The maximum absolute atomic E-state index is 13.0. The molecule has 5 rings (SSSR count). The van der Waals surface area contributed by atoms with Crippen molar-refractivity contribution in [2.75, 3.05) is 6.26 Å². The van der Waals surface area contributed by atoms with Crippen LogP contribution in [0, 0.1) is 19.3 Å². The summed E-state index contributed by atoms with van der Waals surface area (Å²) in [6.07, 6.45) is 5.70. The number of nitrogens with zero attached hydrogens (tertiary/aromatic N) is 1. The average Bonchev–Trinajstić information content (AvgIpc) is 3.26. The smallest absolute Gasteiger partial charge is 0.251 e. The lowest BCUT2D eigenvalue weighted by Crippen LogP contribution is -2.22. The van der Waals surface area contributed by atoms with Crippen LogP contribution in [-0.2, 0) is 13.1 Å². The van der Waals surface area contributed by atoms with Gasteiger partial charge >= 0.3 is 0 Å². The van der Waals surface area contributed by atoms with E-state index < -0.39 is 0 Å². The first kappa shape index (κ1) is 31.1. The van der Waals surface area contributed by atoms with Gasteiger partial charge in [-0.05, 0) is 89.7 Å². The van der Waals surface area contributed by atoms with E-state index in [4.69, 9.17) is 0 Å². The lowest BCUT2D eigenvalue weighted by atomic mass is 9.93. The molecule has 1 N–H and O–H groups in total. The van der Waals surface area contributed by atoms with Gasteiger partial charge in [0, 0.05) is 47.1 Å². The molecule has 0 radical (unpaired) electrons. The molecular formula is C39H42N2O2S. The maximum Gasteiger partial charge on any atom is 0.251 e. The molecule has 1 amide bonds. The molecule has 0 aliphatic carbocycles. The maximum atomic E-state index is 13.0. The largest absolute Gasteiger partial charge is 0.348 e. The molecule has 4 nitrogen and oxygen atoms in total. The number of rotatable bonds is 9. The molecule has 4 aromatic carbocycles. The van der Waals surface area contributed by atoms with Crippen molar-refractivity contribution in [3.8, 4) is 11.1 Å². The van der Waals surface area contributed by atoms with Gasteiger partial charge in [-0.25, -0.2) is 0 Å². The Bertz CT molecular complexity index is 1850. The van der Waals surface area contributed by atoms with E-state index in [-0.39, 0.29) is 18.5 Å². The highest BCUT2D eigenvalue weighted by Gasteiger charge is 2.16. The highest BCUT2D eigenvalue weighted by atomic mass is 32.2. The Hall–Kier alpha value is -4.35. The Balaban J connectivity index is 0.00000461. The third kappa shape index (κ3) is 7.06. The lowest BCUT2D eigenvalue weighted by Gasteiger charge is -2.13. The monoisotopic (exact) mass is 602 g/mol. The van der Waals surface area contributed by atoms with Crippen LogP contribution in [0.4, 0.5) is 0 Å². The Labute approximate surface area is 266 Å². The first-order chi connectivity index (χ1) is 21.0. The van der Waals surface area contributed by atoms with E-state index in [2.05, 4.69) is 105 Å². The molecule has 0 unspecified atom stereocenters. The van der Waals surface area contributed by atoms with Crippen molar-refractivity contribution >= 4 is 34.4 Å². The molecule has 5 heteroatoms. The summed E-state index contributed by atoms with van der Waals surface area (Å²) in [6.45, 7) is 11.7. The summed E-state index contributed by atoms with van der Waals surface area (Å²) in [6, 6.07) is 30.5. The molecule has 226 valence electrons. The van der Waals surface area contributed by atoms with Crippen LogP contribution in [0.15, 0.2) is 108 Å². The van der Waals surface area contributed by atoms with Crippen molar-refractivity contribution in [1.29, 1.82) is 0 Å². The van der Waals surface area contributed by atoms with Gasteiger partial charge in [-0.3, -0.25) is 9.59 Å². The Morgan fingerprint density at radius 3 is 2.25 bits per heavy atom. The third-order valence-corrected chi connectivity index (χ3v) is 8.79. The molecule has 44 heavy (non-hydrogen) atoms. The van der Waals surface area contributed by atoms with Gasteiger partial charge in [0.2, 0.25) is 0 Å². The number of allylic oxidation sites excluding steroid dienone is 2. The highest BCUT2D eigenvalue weighted by molar-refractivity contribution is 7.98. The van der Waals surface area contributed by atoms with E-state index in [1.807, 2.05) is 42.5 Å². The number of nitrogens with one attached hydrogen (secondary N) is 1. The van der Waals surface area contributed by atoms with Gasteiger partial charge in [-0.15, -0.1) is 11.8 Å². The zero-order chi connectivity index (χ0) is 31.4. The Morgan fingerprint density at radius 1 is 0.886 bits per heavy atom. The molecule has 1 aromatic heterocycles. The molecule has 0 aliphatic heterocycles. The van der Waals surface area contributed by atoms with Crippen LogP contribution < -0.4 is 5.32 Å². The number of benzene rings is 4. The second-order valence-corrected chi connectivity index (χ2v) is 13.2. The van der Waals surface area contributed by atoms with Crippen LogP contribution in [0.5, 0.6) is 0 Å². The minimum absolute atomic E-state index is 0. The second-order valence-electron chi connectivity index (χ2n) is 12.4. The molecule has 0 fully saturated rings. The summed E-state index contributed by atoms with van der Waals surface area (Å²) in [7, 11) is 0. The fraction of sp³-hybridized carbons (Fsp3) is 0.231. The molecule has 0 spiro atoms. The van der Waals surface area contributed by atoms with E-state index in [0.29, 0.717) is 24.2 Å². The number of carbonyl (C=O) groups is 2. The van der Waals surface area contributed by atoms with Gasteiger partial charge in [-0.1, -0.05) is 87.5 Å². The van der Waals surface area contributed by atoms with E-state index in [1.165, 1.54) is 21.7 Å². The quantitative estimate of drug-likeness (QED) is 0.104. The fourth-order valence-corrected chi connectivity index (χ4v) is 5.77. The first-order valence-electron chi connectivity index (χ1n) is 15.0. The number of hydrogen-bond donors (Lipinski definition) is 1. The van der Waals surface area contributed by atoms with Crippen molar-refractivity contribution in [2.24, 2.45) is 5.41 Å². The topological polar surface area (TPSA) is 51.1 Å². The predicted molar refractivity (Wildman–Crippen MR) is 187 cm³/mol. The minimum atomic E-state index is -0.0751. The van der Waals surface area contributed by atoms with Gasteiger partial charge in [0.05, 0.1) is 0 Å². The van der Waals surface area contributed by atoms with Crippen molar-refractivity contribution in [3.05, 3.63) is 137 Å². The molecule has 0 atom stereocenters. The van der Waals surface area contributed by atoms with Crippen molar-refractivity contribution in [1.82, 2.24) is 9.88 Å². The van der Waals surface area contributed by atoms with E-state index in [1.54, 1.807) is 17.8 Å². The Morgan fingerprint density at radius 2 is 1.57 bits per heavy atom. The molecule has 0 bridgehead atoms. The van der Waals surface area contributed by atoms with Crippen LogP contribution in [0.25, 0.3) is 22.0 Å². The number of aryl methyl sites for hydroxylation is 1. The SMILES string of the molecule is CSc1ccc(CNC(=O)c2ccc3c(c2)c(C)c(C)n3Cc2ccc(-c3ccccc3C(=O)/C=C\C(C)(C)C)cc2)cc1.[HH]. The van der Waals surface area contributed by atoms with Crippen molar-refractivity contribution in [2.45, 2.75) is 52.6 Å². The summed E-state index contributed by atoms with van der Waals surface area (Å²) >= 11 is 1.70. The summed E-state index contributed by atoms with van der Waals surface area (Å²) in [5, 5.41) is 4.15. The number of ketones is 1. The van der Waals surface area contributed by atoms with E-state index in [9.17, 15) is 9.59 Å². The molecule has 0 aliphatic rings. The van der Waals surface area contributed by atoms with E-state index in [0.717, 1.165) is 27.6 Å². The number of aromatic nitrogens is 1. The summed E-state index contributed by atoms with van der Waals surface area (Å²) < 4.78 is 2.31. The first-order valence-corrected chi connectivity index (χ1v) is 16.2. The Kier molecular flexibility index (Phi) is 9.26. The number of hydrogen-bond acceptors (Lipinski definition) is 3. The van der Waals surface area contributed by atoms with Gasteiger partial charge in [0.25, 0.3) is 5.91 Å². The second kappa shape index (κ2) is 13.1. The standard InChI is InChI=1S/C39H40N2O2S.H2/c1-26-27(2)41(36-20-17-31(23-35(26)36)38(43)40-24-28-13-18-32(44-6)19-14-28)25-29-11-15-30(16-12-29)33-9-7-8-10-34(33)37(42)21-22-39(3,4)5;/h7-23H,24-25H2,1-6H3,(H,40,43);1H/b22-21-;. The molecule has 5 aromatic rings. The summed E-state index contributed by atoms with van der Waals surface area (Å²) in [5.41, 5.74) is 8.97.